The van der Waals surface area contributed by atoms with Crippen LogP contribution >= 0.6 is 0 Å². The molecule has 5 aromatic heterocycles. The predicted octanol–water partition coefficient (Wildman–Crippen LogP) is 11.1. The quantitative estimate of drug-likeness (QED) is 0.107. The normalized spacial score (nSPS) is 29.3. The Morgan fingerprint density at radius 3 is 0.993 bits per heavy atom. The smallest absolute Gasteiger partial charge is 0.245 e. The van der Waals surface area contributed by atoms with Gasteiger partial charge in [-0.1, -0.05) is 121 Å². The maximum Gasteiger partial charge on any atom is 0.245 e. The van der Waals surface area contributed by atoms with Crippen molar-refractivity contribution in [3.05, 3.63) is 296 Å². The van der Waals surface area contributed by atoms with Gasteiger partial charge in [0.2, 0.25) is 92.9 Å². The minimum absolute atomic E-state index is 0.0145. The van der Waals surface area contributed by atoms with E-state index in [2.05, 4.69) is 24.9 Å². The number of aromatic nitrogens is 5. The molecule has 145 heavy (non-hydrogen) atoms. The van der Waals surface area contributed by atoms with Crippen LogP contribution in [-0.2, 0) is 80.0 Å². The van der Waals surface area contributed by atoms with E-state index in [1.807, 2.05) is 66.7 Å². The van der Waals surface area contributed by atoms with Crippen LogP contribution in [-0.4, -0.2) is 265 Å². The lowest BCUT2D eigenvalue weighted by atomic mass is 9.86. The van der Waals surface area contributed by atoms with E-state index in [4.69, 9.17) is 85.7 Å². The molecule has 35 nitrogen and oxygen atoms in total. The monoisotopic (exact) mass is 1980 g/mol. The van der Waals surface area contributed by atoms with Gasteiger partial charge in [-0.3, -0.25) is 47.9 Å². The maximum atomic E-state index is 13.9. The van der Waals surface area contributed by atoms with Gasteiger partial charge in [0, 0.05) is 154 Å². The van der Waals surface area contributed by atoms with Gasteiger partial charge in [0.25, 0.3) is 0 Å². The van der Waals surface area contributed by atoms with Crippen molar-refractivity contribution < 1.29 is 136 Å². The minimum atomic E-state index is -3.45. The third-order valence-electron chi connectivity index (χ3n) is 28.2. The van der Waals surface area contributed by atoms with Gasteiger partial charge in [0.1, 0.15) is 38.3 Å². The van der Waals surface area contributed by atoms with Crippen molar-refractivity contribution in [2.45, 2.75) is 92.4 Å². The fraction of sp³-hybridized carbons (Fsp3) is 0.273. The number of benzene rings is 10. The molecule has 15 aliphatic rings. The largest absolute Gasteiger partial charge is 0.454 e. The highest BCUT2D eigenvalue weighted by atomic mass is 16.7. The standard InChI is InChI=1S/5C22H19N3O4/c5*1-24-10-19(26)25-16(22(24)27)9-14-13-4-2-3-5-15(13)23-20(14)21(25)12-6-7-17-18(8-12)29-11-28-17/h5*2-8,16,21,23H,9-11H2,1H3/t5*16-,21?/m11111/s1/i1D3,2D,3D,4D,5D,6D,7D,8D,10D2,11D2;2D,3D,4D,5D,11D2,16D;2D,3D,4D,5D,16D;11D2,16D;16D. The molecule has 5 saturated heterocycles. The Morgan fingerprint density at radius 1 is 0.297 bits per heavy atom. The van der Waals surface area contributed by atoms with Gasteiger partial charge in [-0.2, -0.15) is 0 Å². The first-order valence-corrected chi connectivity index (χ1v) is 45.7. The van der Waals surface area contributed by atoms with E-state index in [0.717, 1.165) is 54.8 Å². The SMILES string of the molecule is [2H]C1([2H])Oc2ccc(C3c4[nH]c5ccccc5c4C[C@]4([2H])C(=O)N(C)CC(=O)N34)cc2O1.[2H][C@]12Cc3c([nH]c4ccccc34)C(c3ccc4c(c3)OCO4)N1C(=O)CN(C)C2=O.[2H]c1c([2H])c(C2c3[nH]c4c([2H])c([2H])c([2H])c([2H])c4c3C[C@@H]3C(=O)N(C([2H])([2H])[2H])C([2H])([2H])C(=O)N23)c([2H])c2c1OC([2H])([2H])O2.[2H]c1c([2H])c([2H])c2c3c([nH]c2c1[2H])C(c1ccc2c(c1)OC([2H])([2H])O2)N1C(=O)CN(C)C(=O)[C@@]1([2H])C3.[2H]c1c([2H])c([2H])c2c3c([nH]c2c1[2H])C(c1ccc2c(c1)OCO2)N1C(=O)CN(C)C(=O)[C@@]1([2H])C3. The number of para-hydroxylation sites is 5. The zero-order valence-corrected chi connectivity index (χ0v) is 76.4. The average Bonchev–Trinajstić information content (AvgIpc) is 1.59. The van der Waals surface area contributed by atoms with Crippen LogP contribution in [0.2, 0.25) is 0 Å². The number of piperazine rings is 5. The summed E-state index contributed by atoms with van der Waals surface area (Å²) in [7, 11) is 6.02. The van der Waals surface area contributed by atoms with Gasteiger partial charge in [-0.25, -0.2) is 0 Å². The van der Waals surface area contributed by atoms with E-state index < -0.39 is 219 Å². The summed E-state index contributed by atoms with van der Waals surface area (Å²) in [5.41, 5.74) is 8.43. The number of carbonyl (C=O) groups excluding carboxylic acids is 10. The zero-order chi connectivity index (χ0) is 125. The molecule has 30 rings (SSSR count). The number of rotatable bonds is 5. The van der Waals surface area contributed by atoms with E-state index in [1.165, 1.54) is 67.6 Å². The van der Waals surface area contributed by atoms with Gasteiger partial charge < -0.3 is 121 Å². The number of fused-ring (bicyclic) bond motifs is 25. The number of nitrogens with zero attached hydrogens (tertiary/aromatic N) is 10. The highest BCUT2D eigenvalue weighted by Crippen LogP contribution is 2.53. The van der Waals surface area contributed by atoms with Crippen LogP contribution in [0.4, 0.5) is 0 Å². The van der Waals surface area contributed by atoms with Gasteiger partial charge in [-0.05, 0) is 147 Å². The fourth-order valence-electron chi connectivity index (χ4n) is 21.7. The molecule has 730 valence electrons. The summed E-state index contributed by atoms with van der Waals surface area (Å²) >= 11 is 0. The number of hydrogen-bond acceptors (Lipinski definition) is 20. The molecule has 5 unspecified atom stereocenters. The Hall–Kier alpha value is -17.4. The van der Waals surface area contributed by atoms with Crippen molar-refractivity contribution >= 4 is 114 Å². The van der Waals surface area contributed by atoms with Gasteiger partial charge >= 0.3 is 0 Å². The second-order valence-corrected chi connectivity index (χ2v) is 36.3. The summed E-state index contributed by atoms with van der Waals surface area (Å²) in [5, 5.41) is 2.16. The van der Waals surface area contributed by atoms with Crippen LogP contribution in [0.3, 0.4) is 0 Å². The van der Waals surface area contributed by atoms with Gasteiger partial charge in [0.15, 0.2) is 57.5 Å². The molecule has 0 saturated carbocycles. The third-order valence-corrected chi connectivity index (χ3v) is 28.2. The molecule has 10 atom stereocenters. The zero-order valence-electron chi connectivity index (χ0n) is 106. The number of hydrogen-bond donors (Lipinski definition) is 5. The number of carbonyl (C=O) groups is 10. The molecule has 0 bridgehead atoms. The van der Waals surface area contributed by atoms with Crippen molar-refractivity contribution in [1.29, 1.82) is 0 Å². The third kappa shape index (κ3) is 14.2. The van der Waals surface area contributed by atoms with Crippen LogP contribution < -0.4 is 47.4 Å². The number of ether oxygens (including phenoxy) is 10. The molecule has 35 heteroatoms. The maximum absolute atomic E-state index is 13.9. The van der Waals surface area contributed by atoms with Crippen molar-refractivity contribution in [3.8, 4) is 57.5 Å². The number of amides is 10. The Labute approximate surface area is 868 Å². The first kappa shape index (κ1) is 61.3. The number of H-pyrrole nitrogens is 5. The molecule has 15 aliphatic heterocycles. The Bertz CT molecular complexity index is 9870. The highest BCUT2D eigenvalue weighted by molar-refractivity contribution is 6.03. The van der Waals surface area contributed by atoms with Crippen LogP contribution in [0.15, 0.2) is 212 Å². The van der Waals surface area contributed by atoms with Crippen LogP contribution in [0, 0.1) is 0 Å². The summed E-state index contributed by atoms with van der Waals surface area (Å²) in [4.78, 5) is 160. The van der Waals surface area contributed by atoms with Crippen molar-refractivity contribution in [2.75, 3.05) is 102 Å². The van der Waals surface area contributed by atoms with E-state index in [1.54, 1.807) is 49.5 Å². The first-order valence-electron chi connectivity index (χ1n) is 60.7. The molecule has 0 aliphatic carbocycles. The van der Waals surface area contributed by atoms with Gasteiger partial charge in [0.05, 0.1) is 91.7 Å². The second kappa shape index (κ2) is 33.9. The van der Waals surface area contributed by atoms with E-state index >= 15 is 0 Å². The second-order valence-electron chi connectivity index (χ2n) is 36.3. The molecule has 5 fully saturated rings. The molecule has 5 N–H and O–H groups in total. The Morgan fingerprint density at radius 2 is 0.607 bits per heavy atom. The molecular formula is C110H95N15O20. The highest BCUT2D eigenvalue weighted by Gasteiger charge is 2.55. The molecule has 15 aromatic rings. The summed E-state index contributed by atoms with van der Waals surface area (Å²) in [6.45, 7) is -14.7. The van der Waals surface area contributed by atoms with Crippen LogP contribution in [0.1, 0.15) is 155 Å². The average molecular weight is 1980 g/mol. The molecule has 20 heterocycles. The summed E-state index contributed by atoms with van der Waals surface area (Å²) in [6.07, 6.45) is -0.792. The minimum Gasteiger partial charge on any atom is -0.454 e. The Balaban J connectivity index is 0.000000106. The van der Waals surface area contributed by atoms with Crippen molar-refractivity contribution in [2.24, 2.45) is 0 Å². The predicted molar refractivity (Wildman–Crippen MR) is 523 cm³/mol. The number of nitrogens with one attached hydrogen (secondary N) is 5. The lowest BCUT2D eigenvalue weighted by Crippen LogP contribution is -2.62. The number of aromatic amines is 5. The molecule has 10 amide bonds. The fourth-order valence-corrected chi connectivity index (χ4v) is 21.7. The number of likely N-dealkylation sites (N-methyl/N-ethyl adjacent to an activating group) is 5. The lowest BCUT2D eigenvalue weighted by Gasteiger charge is -2.46. The Kier molecular flexibility index (Phi) is 14.4. The van der Waals surface area contributed by atoms with Crippen LogP contribution in [0.5, 0.6) is 57.5 Å². The van der Waals surface area contributed by atoms with Crippen LogP contribution in [0.25, 0.3) is 54.5 Å². The van der Waals surface area contributed by atoms with E-state index in [9.17, 15) is 50.7 Å². The van der Waals surface area contributed by atoms with Gasteiger partial charge in [-0.15, -0.1) is 0 Å². The summed E-state index contributed by atoms with van der Waals surface area (Å²) in [5.74, 6) is -4.65. The van der Waals surface area contributed by atoms with E-state index in [-0.39, 0.29) is 185 Å². The molecule has 0 radical (unpaired) electrons. The molecular weight excluding hydrogens is 1850 g/mol. The topological polar surface area (TPSA) is 374 Å². The summed E-state index contributed by atoms with van der Waals surface area (Å²) < 4.78 is 301. The summed E-state index contributed by atoms with van der Waals surface area (Å²) in [6, 6.07) is 13.7. The van der Waals surface area contributed by atoms with Crippen molar-refractivity contribution in [1.82, 2.24) is 73.9 Å². The lowest BCUT2D eigenvalue weighted by molar-refractivity contribution is -0.157. The molecule has 0 spiro atoms. The van der Waals surface area contributed by atoms with Crippen molar-refractivity contribution in [3.63, 3.8) is 0 Å². The van der Waals surface area contributed by atoms with E-state index in [0.29, 0.717) is 67.1 Å². The first-order chi connectivity index (χ1) is 82.3. The molecule has 10 aromatic carbocycles.